The van der Waals surface area contributed by atoms with E-state index < -0.39 is 48.4 Å². The highest BCUT2D eigenvalue weighted by atomic mass is 16.4. The number of benzene rings is 2. The summed E-state index contributed by atoms with van der Waals surface area (Å²) in [5.41, 5.74) is 7.72. The molecule has 39 heavy (non-hydrogen) atoms. The maximum absolute atomic E-state index is 13.1. The maximum Gasteiger partial charge on any atom is 0.326 e. The largest absolute Gasteiger partial charge is 0.508 e. The zero-order valence-electron chi connectivity index (χ0n) is 20.8. The summed E-state index contributed by atoms with van der Waals surface area (Å²) in [5, 5.41) is 35.9. The van der Waals surface area contributed by atoms with Gasteiger partial charge in [-0.15, -0.1) is 0 Å². The number of phenols is 2. The number of aliphatic carboxylic acids is 1. The molecule has 13 heteroatoms. The van der Waals surface area contributed by atoms with Crippen molar-refractivity contribution in [1.29, 1.82) is 0 Å². The van der Waals surface area contributed by atoms with Gasteiger partial charge in [-0.2, -0.15) is 0 Å². The highest BCUT2D eigenvalue weighted by Gasteiger charge is 2.28. The lowest BCUT2D eigenvalue weighted by molar-refractivity contribution is -0.142. The number of rotatable bonds is 13. The number of hydrogen-bond donors (Lipinski definition) is 8. The van der Waals surface area contributed by atoms with Crippen molar-refractivity contribution in [3.63, 3.8) is 0 Å². The molecule has 3 aromatic rings. The predicted molar refractivity (Wildman–Crippen MR) is 138 cm³/mol. The van der Waals surface area contributed by atoms with Crippen LogP contribution in [-0.4, -0.2) is 73.6 Å². The van der Waals surface area contributed by atoms with Crippen LogP contribution in [0.5, 0.6) is 11.5 Å². The molecule has 0 aliphatic heterocycles. The van der Waals surface area contributed by atoms with Crippen molar-refractivity contribution in [2.45, 2.75) is 37.4 Å². The van der Waals surface area contributed by atoms with Gasteiger partial charge >= 0.3 is 5.97 Å². The van der Waals surface area contributed by atoms with Gasteiger partial charge in [0.15, 0.2) is 0 Å². The van der Waals surface area contributed by atoms with E-state index in [-0.39, 0.29) is 30.8 Å². The van der Waals surface area contributed by atoms with E-state index in [2.05, 4.69) is 25.9 Å². The minimum atomic E-state index is -1.30. The number of nitrogens with zero attached hydrogens (tertiary/aromatic N) is 1. The summed E-state index contributed by atoms with van der Waals surface area (Å²) in [6.45, 7) is -0.474. The highest BCUT2D eigenvalue weighted by Crippen LogP contribution is 2.12. The Morgan fingerprint density at radius 2 is 1.41 bits per heavy atom. The lowest BCUT2D eigenvalue weighted by Gasteiger charge is -2.22. The van der Waals surface area contributed by atoms with Crippen LogP contribution in [0.2, 0.25) is 0 Å². The average Bonchev–Trinajstić information content (AvgIpc) is 3.42. The number of imidazole rings is 1. The smallest absolute Gasteiger partial charge is 0.326 e. The molecule has 3 amide bonds. The van der Waals surface area contributed by atoms with Crippen LogP contribution in [0.1, 0.15) is 16.8 Å². The first kappa shape index (κ1) is 28.7. The molecular weight excluding hydrogens is 508 g/mol. The fourth-order valence-electron chi connectivity index (χ4n) is 3.69. The zero-order valence-corrected chi connectivity index (χ0v) is 20.8. The highest BCUT2D eigenvalue weighted by molar-refractivity contribution is 5.92. The molecule has 0 bridgehead atoms. The number of aromatic nitrogens is 2. The Labute approximate surface area is 223 Å². The lowest BCUT2D eigenvalue weighted by atomic mass is 10.0. The van der Waals surface area contributed by atoms with Gasteiger partial charge in [0.2, 0.25) is 17.7 Å². The van der Waals surface area contributed by atoms with Gasteiger partial charge in [0, 0.05) is 24.7 Å². The number of amides is 3. The molecule has 0 fully saturated rings. The van der Waals surface area contributed by atoms with Gasteiger partial charge in [-0.25, -0.2) is 9.78 Å². The van der Waals surface area contributed by atoms with E-state index in [1.54, 1.807) is 24.3 Å². The monoisotopic (exact) mass is 538 g/mol. The van der Waals surface area contributed by atoms with E-state index >= 15 is 0 Å². The van der Waals surface area contributed by atoms with Gasteiger partial charge in [0.05, 0.1) is 18.9 Å². The summed E-state index contributed by atoms with van der Waals surface area (Å²) in [7, 11) is 0. The number of nitrogens with one attached hydrogen (secondary N) is 4. The molecule has 3 unspecified atom stereocenters. The molecule has 0 spiro atoms. The molecule has 3 rings (SSSR count). The van der Waals surface area contributed by atoms with Crippen molar-refractivity contribution in [2.75, 3.05) is 6.54 Å². The normalized spacial score (nSPS) is 13.1. The molecule has 1 heterocycles. The number of carbonyl (C=O) groups is 4. The minimum Gasteiger partial charge on any atom is -0.508 e. The number of aromatic hydroxyl groups is 2. The van der Waals surface area contributed by atoms with Crippen molar-refractivity contribution in [3.05, 3.63) is 77.9 Å². The van der Waals surface area contributed by atoms with Gasteiger partial charge in [-0.05, 0) is 41.8 Å². The second-order valence-electron chi connectivity index (χ2n) is 8.87. The first-order chi connectivity index (χ1) is 18.6. The third-order valence-electron chi connectivity index (χ3n) is 5.77. The van der Waals surface area contributed by atoms with E-state index in [1.807, 2.05) is 0 Å². The van der Waals surface area contributed by atoms with Gasteiger partial charge < -0.3 is 42.0 Å². The summed E-state index contributed by atoms with van der Waals surface area (Å²) in [5.74, 6) is -3.22. The van der Waals surface area contributed by atoms with E-state index in [9.17, 15) is 34.5 Å². The summed E-state index contributed by atoms with van der Waals surface area (Å²) >= 11 is 0. The number of nitrogens with two attached hydrogens (primary N) is 1. The number of hydrogen-bond acceptors (Lipinski definition) is 8. The van der Waals surface area contributed by atoms with Crippen LogP contribution in [0.3, 0.4) is 0 Å². The summed E-state index contributed by atoms with van der Waals surface area (Å²) in [6.07, 6.45) is 2.92. The minimum absolute atomic E-state index is 0.0113. The zero-order chi connectivity index (χ0) is 28.4. The van der Waals surface area contributed by atoms with Crippen LogP contribution in [0, 0.1) is 0 Å². The summed E-state index contributed by atoms with van der Waals surface area (Å²) in [6, 6.07) is 8.70. The Morgan fingerprint density at radius 1 is 0.821 bits per heavy atom. The van der Waals surface area contributed by atoms with E-state index in [0.717, 1.165) is 0 Å². The van der Waals surface area contributed by atoms with Crippen LogP contribution in [0.4, 0.5) is 0 Å². The maximum atomic E-state index is 13.1. The second kappa shape index (κ2) is 13.6. The standard InChI is InChI=1S/C26H30N6O7/c27-20(9-15-1-5-18(33)6-2-15)24(36)29-13-23(35)31-21(10-16-3-7-19(34)8-4-16)25(37)32-22(26(38)39)11-17-12-28-14-30-17/h1-8,12,14,20-22,33-34H,9-11,13,27H2,(H,28,30)(H,29,36)(H,31,35)(H,32,37)(H,38,39). The molecule has 0 saturated carbocycles. The van der Waals surface area contributed by atoms with E-state index in [4.69, 9.17) is 5.73 Å². The van der Waals surface area contributed by atoms with Gasteiger partial charge in [0.25, 0.3) is 0 Å². The topological polar surface area (TPSA) is 220 Å². The number of carboxylic acid groups (broad SMARTS) is 1. The molecule has 2 aromatic carbocycles. The Hall–Kier alpha value is -4.91. The van der Waals surface area contributed by atoms with Crippen LogP contribution < -0.4 is 21.7 Å². The van der Waals surface area contributed by atoms with E-state index in [1.165, 1.54) is 36.8 Å². The predicted octanol–water partition coefficient (Wildman–Crippen LogP) is -0.653. The SMILES string of the molecule is NC(Cc1ccc(O)cc1)C(=O)NCC(=O)NC(Cc1ccc(O)cc1)C(=O)NC(Cc1cnc[nH]1)C(=O)O. The molecule has 0 radical (unpaired) electrons. The average molecular weight is 539 g/mol. The van der Waals surface area contributed by atoms with Gasteiger partial charge in [-0.1, -0.05) is 24.3 Å². The van der Waals surface area contributed by atoms with Crippen molar-refractivity contribution >= 4 is 23.7 Å². The number of carboxylic acids is 1. The quantitative estimate of drug-likeness (QED) is 0.138. The molecule has 0 aliphatic carbocycles. The molecule has 0 aliphatic rings. The van der Waals surface area contributed by atoms with Crippen LogP contribution in [-0.2, 0) is 38.4 Å². The third-order valence-corrected chi connectivity index (χ3v) is 5.77. The van der Waals surface area contributed by atoms with Crippen molar-refractivity contribution in [2.24, 2.45) is 5.73 Å². The first-order valence-electron chi connectivity index (χ1n) is 12.0. The number of H-pyrrole nitrogens is 1. The van der Waals surface area contributed by atoms with Gasteiger partial charge in [-0.3, -0.25) is 14.4 Å². The third kappa shape index (κ3) is 9.16. The molecule has 1 aromatic heterocycles. The molecule has 206 valence electrons. The van der Waals surface area contributed by atoms with Crippen LogP contribution >= 0.6 is 0 Å². The lowest BCUT2D eigenvalue weighted by Crippen LogP contribution is -2.55. The Morgan fingerprint density at radius 3 is 1.95 bits per heavy atom. The fraction of sp³-hybridized carbons (Fsp3) is 0.269. The molecule has 9 N–H and O–H groups in total. The Kier molecular flexibility index (Phi) is 9.98. The van der Waals surface area contributed by atoms with Crippen molar-refractivity contribution < 1.29 is 34.5 Å². The van der Waals surface area contributed by atoms with Crippen LogP contribution in [0.25, 0.3) is 0 Å². The van der Waals surface area contributed by atoms with Crippen molar-refractivity contribution in [1.82, 2.24) is 25.9 Å². The fourth-order valence-corrected chi connectivity index (χ4v) is 3.69. The molecule has 13 nitrogen and oxygen atoms in total. The summed E-state index contributed by atoms with van der Waals surface area (Å²) in [4.78, 5) is 56.5. The van der Waals surface area contributed by atoms with Crippen molar-refractivity contribution in [3.8, 4) is 11.5 Å². The second-order valence-corrected chi connectivity index (χ2v) is 8.87. The number of phenolic OH excluding ortho intramolecular Hbond substituents is 2. The first-order valence-corrected chi connectivity index (χ1v) is 12.0. The van der Waals surface area contributed by atoms with Crippen LogP contribution in [0.15, 0.2) is 61.1 Å². The molecule has 0 saturated heterocycles. The summed E-state index contributed by atoms with van der Waals surface area (Å²) < 4.78 is 0. The number of aromatic amines is 1. The Balaban J connectivity index is 1.62. The molecular formula is C26H30N6O7. The number of carbonyl (C=O) groups excluding carboxylic acids is 3. The van der Waals surface area contributed by atoms with E-state index in [0.29, 0.717) is 16.8 Å². The Bertz CT molecular complexity index is 1260. The molecule has 3 atom stereocenters. The van der Waals surface area contributed by atoms with Gasteiger partial charge in [0.1, 0.15) is 23.6 Å².